The minimum Gasteiger partial charge on any atom is -0.339 e. The number of piperidine rings is 1. The van der Waals surface area contributed by atoms with Gasteiger partial charge in [-0.1, -0.05) is 13.8 Å². The van der Waals surface area contributed by atoms with Crippen LogP contribution in [0.15, 0.2) is 15.7 Å². The minimum absolute atomic E-state index is 0.111. The van der Waals surface area contributed by atoms with Gasteiger partial charge in [0.1, 0.15) is 0 Å². The summed E-state index contributed by atoms with van der Waals surface area (Å²) in [5, 5.41) is 0.213. The topological polar surface area (TPSA) is 114 Å². The molecule has 1 aliphatic carbocycles. The maximum absolute atomic E-state index is 13.3. The summed E-state index contributed by atoms with van der Waals surface area (Å²) in [7, 11) is 0. The molecule has 2 aromatic rings. The van der Waals surface area contributed by atoms with Crippen LogP contribution in [0.1, 0.15) is 61.5 Å². The lowest BCUT2D eigenvalue weighted by molar-refractivity contribution is 0.0716. The van der Waals surface area contributed by atoms with E-state index < -0.39 is 11.2 Å². The van der Waals surface area contributed by atoms with Gasteiger partial charge in [0, 0.05) is 37.3 Å². The molecule has 2 aromatic heterocycles. The molecule has 8 heteroatoms. The zero-order valence-corrected chi connectivity index (χ0v) is 16.4. The fraction of sp³-hybridized carbons (Fsp3) is 0.600. The fourth-order valence-corrected chi connectivity index (χ4v) is 3.86. The SMILES string of the molecule is CC(C)Cn1c(=O)[nH]c(=O)c2c(C(=O)N3CCC(N)CC3)cc(C3CC3)nc21. The monoisotopic (exact) mass is 385 g/mol. The Kier molecular flexibility index (Phi) is 4.82. The molecule has 3 N–H and O–H groups in total. The zero-order valence-electron chi connectivity index (χ0n) is 16.4. The van der Waals surface area contributed by atoms with Crippen LogP contribution in [0, 0.1) is 5.92 Å². The summed E-state index contributed by atoms with van der Waals surface area (Å²) in [6.07, 6.45) is 3.53. The lowest BCUT2D eigenvalue weighted by Crippen LogP contribution is -2.43. The van der Waals surface area contributed by atoms with Crippen molar-refractivity contribution in [3.63, 3.8) is 0 Å². The third-order valence-corrected chi connectivity index (χ3v) is 5.57. The van der Waals surface area contributed by atoms with Crippen molar-refractivity contribution < 1.29 is 4.79 Å². The van der Waals surface area contributed by atoms with Crippen molar-refractivity contribution in [2.45, 2.75) is 58.0 Å². The summed E-state index contributed by atoms with van der Waals surface area (Å²) in [6.45, 7) is 5.58. The van der Waals surface area contributed by atoms with Gasteiger partial charge in [-0.2, -0.15) is 0 Å². The number of aromatic nitrogens is 3. The van der Waals surface area contributed by atoms with E-state index in [1.807, 2.05) is 13.8 Å². The standard InChI is InChI=1S/C20H27N5O3/c1-11(2)10-25-17-16(18(26)23-20(25)28)14(9-15(22-17)12-3-4-12)19(27)24-7-5-13(21)6-8-24/h9,11-13H,3-8,10,21H2,1-2H3,(H,23,26,28). The van der Waals surface area contributed by atoms with Crippen LogP contribution in [0.4, 0.5) is 0 Å². The third kappa shape index (κ3) is 3.48. The van der Waals surface area contributed by atoms with Crippen LogP contribution in [0.5, 0.6) is 0 Å². The predicted molar refractivity (Wildman–Crippen MR) is 107 cm³/mol. The molecule has 0 bridgehead atoms. The molecule has 150 valence electrons. The number of amides is 1. The lowest BCUT2D eigenvalue weighted by atomic mass is 10.0. The molecule has 0 radical (unpaired) electrons. The number of likely N-dealkylation sites (tertiary alicyclic amines) is 1. The van der Waals surface area contributed by atoms with E-state index in [9.17, 15) is 14.4 Å². The summed E-state index contributed by atoms with van der Waals surface area (Å²) in [5.74, 6) is 0.315. The van der Waals surface area contributed by atoms with E-state index in [2.05, 4.69) is 9.97 Å². The van der Waals surface area contributed by atoms with E-state index in [4.69, 9.17) is 5.73 Å². The minimum atomic E-state index is -0.549. The largest absolute Gasteiger partial charge is 0.339 e. The molecule has 1 aliphatic heterocycles. The number of H-pyrrole nitrogens is 1. The highest BCUT2D eigenvalue weighted by Gasteiger charge is 2.30. The highest BCUT2D eigenvalue weighted by atomic mass is 16.2. The fourth-order valence-electron chi connectivity index (χ4n) is 3.86. The maximum atomic E-state index is 13.3. The van der Waals surface area contributed by atoms with Gasteiger partial charge in [-0.05, 0) is 37.7 Å². The van der Waals surface area contributed by atoms with E-state index in [-0.39, 0.29) is 23.3 Å². The van der Waals surface area contributed by atoms with Gasteiger partial charge in [-0.15, -0.1) is 0 Å². The summed E-state index contributed by atoms with van der Waals surface area (Å²) in [4.78, 5) is 47.3. The molecule has 2 aliphatic rings. The Balaban J connectivity index is 1.91. The molecule has 4 rings (SSSR count). The summed E-state index contributed by atoms with van der Waals surface area (Å²) in [5.41, 5.74) is 6.41. The highest BCUT2D eigenvalue weighted by Crippen LogP contribution is 2.40. The maximum Gasteiger partial charge on any atom is 0.330 e. The molecule has 3 heterocycles. The number of aromatic amines is 1. The van der Waals surface area contributed by atoms with E-state index in [1.165, 1.54) is 4.57 Å². The van der Waals surface area contributed by atoms with Crippen LogP contribution in [0.2, 0.25) is 0 Å². The molecule has 1 saturated carbocycles. The van der Waals surface area contributed by atoms with Crippen molar-refractivity contribution in [1.82, 2.24) is 19.4 Å². The van der Waals surface area contributed by atoms with E-state index in [1.54, 1.807) is 11.0 Å². The predicted octanol–water partition coefficient (Wildman–Crippen LogP) is 1.18. The number of nitrogens with one attached hydrogen (secondary N) is 1. The molecular formula is C20H27N5O3. The Morgan fingerprint density at radius 3 is 2.54 bits per heavy atom. The van der Waals surface area contributed by atoms with Crippen molar-refractivity contribution in [3.05, 3.63) is 38.2 Å². The highest BCUT2D eigenvalue weighted by molar-refractivity contribution is 6.05. The van der Waals surface area contributed by atoms with Crippen molar-refractivity contribution in [2.24, 2.45) is 11.7 Å². The van der Waals surface area contributed by atoms with Gasteiger partial charge in [0.15, 0.2) is 5.65 Å². The number of nitrogens with zero attached hydrogens (tertiary/aromatic N) is 3. The van der Waals surface area contributed by atoms with Gasteiger partial charge >= 0.3 is 5.69 Å². The number of pyridine rings is 1. The second-order valence-corrected chi connectivity index (χ2v) is 8.46. The number of hydrogen-bond donors (Lipinski definition) is 2. The van der Waals surface area contributed by atoms with Crippen molar-refractivity contribution in [1.29, 1.82) is 0 Å². The average molecular weight is 385 g/mol. The molecular weight excluding hydrogens is 358 g/mol. The first-order chi connectivity index (χ1) is 13.3. The lowest BCUT2D eigenvalue weighted by Gasteiger charge is -2.30. The van der Waals surface area contributed by atoms with Crippen LogP contribution >= 0.6 is 0 Å². The van der Waals surface area contributed by atoms with Gasteiger partial charge in [0.05, 0.1) is 10.9 Å². The van der Waals surface area contributed by atoms with Gasteiger partial charge in [-0.3, -0.25) is 19.1 Å². The molecule has 0 aromatic carbocycles. The number of rotatable bonds is 4. The number of carbonyl (C=O) groups excluding carboxylic acids is 1. The van der Waals surface area contributed by atoms with Gasteiger partial charge in [0.2, 0.25) is 0 Å². The Bertz CT molecular complexity index is 1030. The van der Waals surface area contributed by atoms with Crippen molar-refractivity contribution in [3.8, 4) is 0 Å². The van der Waals surface area contributed by atoms with E-state index in [0.717, 1.165) is 31.4 Å². The molecule has 0 spiro atoms. The van der Waals surface area contributed by atoms with Crippen LogP contribution in [-0.2, 0) is 6.54 Å². The average Bonchev–Trinajstić information content (AvgIpc) is 3.49. The Morgan fingerprint density at radius 1 is 1.25 bits per heavy atom. The zero-order chi connectivity index (χ0) is 20.0. The summed E-state index contributed by atoms with van der Waals surface area (Å²) < 4.78 is 1.50. The second-order valence-electron chi connectivity index (χ2n) is 8.46. The smallest absolute Gasteiger partial charge is 0.330 e. The first-order valence-corrected chi connectivity index (χ1v) is 10.1. The van der Waals surface area contributed by atoms with E-state index in [0.29, 0.717) is 36.8 Å². The van der Waals surface area contributed by atoms with Crippen molar-refractivity contribution >= 4 is 16.9 Å². The third-order valence-electron chi connectivity index (χ3n) is 5.57. The molecule has 8 nitrogen and oxygen atoms in total. The molecule has 28 heavy (non-hydrogen) atoms. The summed E-state index contributed by atoms with van der Waals surface area (Å²) >= 11 is 0. The quantitative estimate of drug-likeness (QED) is 0.820. The van der Waals surface area contributed by atoms with Gasteiger partial charge in [0.25, 0.3) is 11.5 Å². The van der Waals surface area contributed by atoms with Crippen LogP contribution in [0.25, 0.3) is 11.0 Å². The first-order valence-electron chi connectivity index (χ1n) is 10.1. The molecule has 1 amide bonds. The summed E-state index contributed by atoms with van der Waals surface area (Å²) in [6, 6.07) is 1.87. The van der Waals surface area contributed by atoms with Gasteiger partial charge < -0.3 is 10.6 Å². The van der Waals surface area contributed by atoms with Crippen LogP contribution < -0.4 is 17.0 Å². The molecule has 2 fully saturated rings. The molecule has 1 saturated heterocycles. The van der Waals surface area contributed by atoms with Crippen molar-refractivity contribution in [2.75, 3.05) is 13.1 Å². The second kappa shape index (κ2) is 7.16. The van der Waals surface area contributed by atoms with Crippen LogP contribution in [0.3, 0.4) is 0 Å². The molecule has 0 atom stereocenters. The van der Waals surface area contributed by atoms with Gasteiger partial charge in [-0.25, -0.2) is 9.78 Å². The Morgan fingerprint density at radius 2 is 1.93 bits per heavy atom. The number of nitrogens with two attached hydrogens (primary N) is 1. The normalized spacial score (nSPS) is 18.2. The first kappa shape index (κ1) is 18.9. The Hall–Kier alpha value is -2.48. The molecule has 0 unspecified atom stereocenters. The number of hydrogen-bond acceptors (Lipinski definition) is 5. The number of carbonyl (C=O) groups is 1. The Labute approximate surface area is 162 Å². The number of fused-ring (bicyclic) bond motifs is 1. The van der Waals surface area contributed by atoms with E-state index >= 15 is 0 Å². The van der Waals surface area contributed by atoms with Crippen LogP contribution in [-0.4, -0.2) is 44.5 Å².